The Kier molecular flexibility index (Phi) is 7.05. The molecule has 2 aromatic heterocycles. The van der Waals surface area contributed by atoms with Crippen LogP contribution in [0.2, 0.25) is 0 Å². The minimum Gasteiger partial charge on any atom is -0.493 e. The summed E-state index contributed by atoms with van der Waals surface area (Å²) in [7, 11) is 5.03. The molecular weight excluding hydrogens is 368 g/mol. The van der Waals surface area contributed by atoms with E-state index < -0.39 is 0 Å². The Morgan fingerprint density at radius 1 is 1.03 bits per heavy atom. The Labute approximate surface area is 170 Å². The first-order chi connectivity index (χ1) is 14.2. The number of aromatic nitrogens is 3. The van der Waals surface area contributed by atoms with E-state index in [2.05, 4.69) is 25.7 Å². The first-order valence-corrected chi connectivity index (χ1v) is 9.34. The Hall–Kier alpha value is -3.55. The normalized spacial score (nSPS) is 11.2. The second-order valence-corrected chi connectivity index (χ2v) is 6.26. The summed E-state index contributed by atoms with van der Waals surface area (Å²) in [5.74, 6) is 2.99. The summed E-state index contributed by atoms with van der Waals surface area (Å²) < 4.78 is 12.4. The zero-order chi connectivity index (χ0) is 20.5. The highest BCUT2D eigenvalue weighted by Crippen LogP contribution is 2.27. The molecule has 29 heavy (non-hydrogen) atoms. The smallest absolute Gasteiger partial charge is 0.191 e. The van der Waals surface area contributed by atoms with Crippen molar-refractivity contribution in [3.63, 3.8) is 0 Å². The number of benzene rings is 1. The third kappa shape index (κ3) is 5.47. The van der Waals surface area contributed by atoms with Crippen LogP contribution in [0.3, 0.4) is 0 Å². The number of nitrogens with zero attached hydrogens (tertiary/aromatic N) is 4. The maximum Gasteiger partial charge on any atom is 0.191 e. The fourth-order valence-electron chi connectivity index (χ4n) is 2.87. The van der Waals surface area contributed by atoms with E-state index in [0.29, 0.717) is 6.54 Å². The number of pyridine rings is 1. The second kappa shape index (κ2) is 10.1. The molecule has 0 saturated carbocycles. The lowest BCUT2D eigenvalue weighted by atomic mass is 10.1. The van der Waals surface area contributed by atoms with Crippen molar-refractivity contribution in [2.24, 2.45) is 4.99 Å². The first-order valence-electron chi connectivity index (χ1n) is 9.34. The van der Waals surface area contributed by atoms with E-state index in [1.807, 2.05) is 42.6 Å². The number of aliphatic imine (C=N–C) groups is 1. The zero-order valence-corrected chi connectivity index (χ0v) is 16.9. The molecule has 8 nitrogen and oxygen atoms in total. The molecule has 1 aromatic carbocycles. The van der Waals surface area contributed by atoms with Gasteiger partial charge in [-0.1, -0.05) is 6.07 Å². The van der Waals surface area contributed by atoms with Crippen molar-refractivity contribution >= 4 is 5.96 Å². The van der Waals surface area contributed by atoms with Crippen molar-refractivity contribution in [2.75, 3.05) is 27.8 Å². The van der Waals surface area contributed by atoms with Gasteiger partial charge >= 0.3 is 0 Å². The largest absolute Gasteiger partial charge is 0.493 e. The molecule has 0 spiro atoms. The molecule has 0 atom stereocenters. The predicted molar refractivity (Wildman–Crippen MR) is 113 cm³/mol. The van der Waals surface area contributed by atoms with Gasteiger partial charge in [0.1, 0.15) is 0 Å². The van der Waals surface area contributed by atoms with Crippen LogP contribution in [0.1, 0.15) is 11.1 Å². The highest BCUT2D eigenvalue weighted by atomic mass is 16.5. The van der Waals surface area contributed by atoms with Gasteiger partial charge in [0.05, 0.1) is 14.2 Å². The summed E-state index contributed by atoms with van der Waals surface area (Å²) >= 11 is 0. The van der Waals surface area contributed by atoms with Crippen molar-refractivity contribution in [2.45, 2.75) is 13.0 Å². The van der Waals surface area contributed by atoms with E-state index in [4.69, 9.17) is 9.47 Å². The second-order valence-electron chi connectivity index (χ2n) is 6.26. The maximum absolute atomic E-state index is 5.36. The summed E-state index contributed by atoms with van der Waals surface area (Å²) in [5, 5.41) is 10.9. The Morgan fingerprint density at radius 2 is 1.90 bits per heavy atom. The van der Waals surface area contributed by atoms with Crippen LogP contribution < -0.4 is 20.1 Å². The third-order valence-electron chi connectivity index (χ3n) is 4.39. The molecule has 2 heterocycles. The lowest BCUT2D eigenvalue weighted by molar-refractivity contribution is 0.354. The van der Waals surface area contributed by atoms with Crippen molar-refractivity contribution in [3.8, 4) is 17.3 Å². The van der Waals surface area contributed by atoms with E-state index in [1.54, 1.807) is 38.3 Å². The standard InChI is InChI=1S/C21H26N6O2/c1-22-21(24-11-7-16-5-6-18(28-2)19(13-16)29-3)25-15-17-8-10-23-20(14-17)27-12-4-9-26-27/h4-6,8-10,12-14H,7,11,15H2,1-3H3,(H2,22,24,25). The van der Waals surface area contributed by atoms with Crippen LogP contribution in [0, 0.1) is 0 Å². The Balaban J connectivity index is 1.51. The number of methoxy groups -OCH3 is 2. The molecule has 0 aliphatic heterocycles. The molecular formula is C21H26N6O2. The number of ether oxygens (including phenoxy) is 2. The lowest BCUT2D eigenvalue weighted by Gasteiger charge is -2.13. The first kappa shape index (κ1) is 20.2. The molecule has 0 unspecified atom stereocenters. The Morgan fingerprint density at radius 3 is 2.62 bits per heavy atom. The molecule has 8 heteroatoms. The fraction of sp³-hybridized carbons (Fsp3) is 0.286. The van der Waals surface area contributed by atoms with Gasteiger partial charge in [-0.2, -0.15) is 5.10 Å². The van der Waals surface area contributed by atoms with Crippen LogP contribution in [0.4, 0.5) is 0 Å². The number of nitrogens with one attached hydrogen (secondary N) is 2. The summed E-state index contributed by atoms with van der Waals surface area (Å²) in [4.78, 5) is 8.63. The average molecular weight is 394 g/mol. The molecule has 0 amide bonds. The van der Waals surface area contributed by atoms with Crippen LogP contribution in [-0.4, -0.2) is 48.5 Å². The van der Waals surface area contributed by atoms with Gasteiger partial charge < -0.3 is 20.1 Å². The van der Waals surface area contributed by atoms with Crippen molar-refractivity contribution in [3.05, 3.63) is 66.1 Å². The monoisotopic (exact) mass is 394 g/mol. The summed E-state index contributed by atoms with van der Waals surface area (Å²) in [6, 6.07) is 11.8. The van der Waals surface area contributed by atoms with Crippen molar-refractivity contribution in [1.29, 1.82) is 0 Å². The van der Waals surface area contributed by atoms with E-state index >= 15 is 0 Å². The highest BCUT2D eigenvalue weighted by molar-refractivity contribution is 5.79. The number of hydrogen-bond donors (Lipinski definition) is 2. The summed E-state index contributed by atoms with van der Waals surface area (Å²) in [5.41, 5.74) is 2.25. The van der Waals surface area contributed by atoms with Gasteiger partial charge in [-0.25, -0.2) is 9.67 Å². The molecule has 3 aromatic rings. The van der Waals surface area contributed by atoms with Gasteiger partial charge in [-0.3, -0.25) is 4.99 Å². The van der Waals surface area contributed by atoms with Gasteiger partial charge in [-0.05, 0) is 47.9 Å². The SMILES string of the molecule is CN=C(NCCc1ccc(OC)c(OC)c1)NCc1ccnc(-n2cccn2)c1. The molecule has 2 N–H and O–H groups in total. The molecule has 0 fully saturated rings. The van der Waals surface area contributed by atoms with E-state index in [0.717, 1.165) is 47.4 Å². The topological polar surface area (TPSA) is 85.6 Å². The zero-order valence-electron chi connectivity index (χ0n) is 16.9. The van der Waals surface area contributed by atoms with Crippen LogP contribution in [0.5, 0.6) is 11.5 Å². The highest BCUT2D eigenvalue weighted by Gasteiger charge is 2.05. The molecule has 0 radical (unpaired) electrons. The van der Waals surface area contributed by atoms with Gasteiger partial charge in [0.15, 0.2) is 23.3 Å². The van der Waals surface area contributed by atoms with E-state index in [-0.39, 0.29) is 0 Å². The predicted octanol–water partition coefficient (Wildman–Crippen LogP) is 2.19. The van der Waals surface area contributed by atoms with Gasteiger partial charge in [0.2, 0.25) is 0 Å². The van der Waals surface area contributed by atoms with Crippen LogP contribution in [-0.2, 0) is 13.0 Å². The fourth-order valence-corrected chi connectivity index (χ4v) is 2.87. The summed E-state index contributed by atoms with van der Waals surface area (Å²) in [6.07, 6.45) is 6.21. The maximum atomic E-state index is 5.36. The molecule has 3 rings (SSSR count). The van der Waals surface area contributed by atoms with Crippen LogP contribution in [0.25, 0.3) is 5.82 Å². The van der Waals surface area contributed by atoms with Gasteiger partial charge in [0, 0.05) is 38.7 Å². The van der Waals surface area contributed by atoms with E-state index in [9.17, 15) is 0 Å². The third-order valence-corrected chi connectivity index (χ3v) is 4.39. The molecule has 0 aliphatic carbocycles. The number of rotatable bonds is 8. The van der Waals surface area contributed by atoms with Crippen LogP contribution in [0.15, 0.2) is 60.0 Å². The molecule has 152 valence electrons. The average Bonchev–Trinajstić information content (AvgIpc) is 3.31. The quantitative estimate of drug-likeness (QED) is 0.450. The van der Waals surface area contributed by atoms with Crippen LogP contribution >= 0.6 is 0 Å². The molecule has 0 saturated heterocycles. The molecule has 0 aliphatic rings. The van der Waals surface area contributed by atoms with E-state index in [1.165, 1.54) is 0 Å². The lowest BCUT2D eigenvalue weighted by Crippen LogP contribution is -2.37. The van der Waals surface area contributed by atoms with Crippen molar-refractivity contribution in [1.82, 2.24) is 25.4 Å². The molecule has 0 bridgehead atoms. The summed E-state index contributed by atoms with van der Waals surface area (Å²) in [6.45, 7) is 1.37. The van der Waals surface area contributed by atoms with Gasteiger partial charge in [0.25, 0.3) is 0 Å². The minimum atomic E-state index is 0.632. The van der Waals surface area contributed by atoms with Crippen molar-refractivity contribution < 1.29 is 9.47 Å². The Bertz CT molecular complexity index is 940. The number of hydrogen-bond acceptors (Lipinski definition) is 5. The number of guanidine groups is 1. The minimum absolute atomic E-state index is 0.632. The van der Waals surface area contributed by atoms with Gasteiger partial charge in [-0.15, -0.1) is 0 Å².